The molecule has 0 radical (unpaired) electrons. The number of hydrogen-bond donors (Lipinski definition) is 3. The summed E-state index contributed by atoms with van der Waals surface area (Å²) < 4.78 is 11.8. The molecule has 1 atom stereocenters. The molecule has 1 aromatic heterocycles. The van der Waals surface area contributed by atoms with Gasteiger partial charge in [-0.25, -0.2) is 4.79 Å². The van der Waals surface area contributed by atoms with Crippen molar-refractivity contribution >= 4 is 11.0 Å². The van der Waals surface area contributed by atoms with Gasteiger partial charge < -0.3 is 24.8 Å². The van der Waals surface area contributed by atoms with Crippen LogP contribution in [-0.2, 0) is 6.42 Å². The van der Waals surface area contributed by atoms with Crippen molar-refractivity contribution in [2.75, 3.05) is 19.7 Å². The molecule has 0 saturated heterocycles. The third kappa shape index (κ3) is 3.75. The van der Waals surface area contributed by atoms with Gasteiger partial charge in [-0.3, -0.25) is 0 Å². The lowest BCUT2D eigenvalue weighted by molar-refractivity contribution is 0.0923. The summed E-state index contributed by atoms with van der Waals surface area (Å²) in [5.74, 6) is 1.29. The first-order chi connectivity index (χ1) is 12.8. The molecule has 1 aliphatic heterocycles. The monoisotopic (exact) mass is 353 g/mol. The van der Waals surface area contributed by atoms with Crippen LogP contribution in [0.3, 0.4) is 0 Å². The van der Waals surface area contributed by atoms with Crippen LogP contribution < -0.4 is 20.5 Å². The van der Waals surface area contributed by atoms with Crippen molar-refractivity contribution in [2.24, 2.45) is 0 Å². The van der Waals surface area contributed by atoms with Crippen LogP contribution in [0.25, 0.3) is 11.0 Å². The number of benzene rings is 2. The average Bonchev–Trinajstić information content (AvgIpc) is 3.06. The number of aryl methyl sites for hydroxylation is 1. The van der Waals surface area contributed by atoms with Crippen LogP contribution in [0.2, 0.25) is 0 Å². The van der Waals surface area contributed by atoms with Gasteiger partial charge in [-0.15, -0.1) is 0 Å². The first-order valence-electron chi connectivity index (χ1n) is 9.09. The highest BCUT2D eigenvalue weighted by atomic mass is 16.6. The molecule has 0 aliphatic carbocycles. The van der Waals surface area contributed by atoms with Crippen LogP contribution in [0.4, 0.5) is 0 Å². The molecule has 0 saturated carbocycles. The van der Waals surface area contributed by atoms with Crippen LogP contribution in [0.1, 0.15) is 18.4 Å². The number of unbranched alkanes of at least 4 members (excludes halogenated alkanes) is 1. The summed E-state index contributed by atoms with van der Waals surface area (Å²) in [7, 11) is 0. The fraction of sp³-hybridized carbons (Fsp3) is 0.350. The van der Waals surface area contributed by atoms with Crippen molar-refractivity contribution in [1.29, 1.82) is 0 Å². The van der Waals surface area contributed by atoms with Gasteiger partial charge in [-0.2, -0.15) is 0 Å². The zero-order valence-corrected chi connectivity index (χ0v) is 14.6. The third-order valence-corrected chi connectivity index (χ3v) is 4.60. The molecule has 26 heavy (non-hydrogen) atoms. The molecule has 2 heterocycles. The van der Waals surface area contributed by atoms with E-state index >= 15 is 0 Å². The van der Waals surface area contributed by atoms with E-state index < -0.39 is 0 Å². The maximum Gasteiger partial charge on any atom is 0.323 e. The lowest BCUT2D eigenvalue weighted by Gasteiger charge is -2.27. The minimum absolute atomic E-state index is 0.0689. The molecule has 3 aromatic rings. The summed E-state index contributed by atoms with van der Waals surface area (Å²) in [6.07, 6.45) is 3.32. The molecule has 6 heteroatoms. The first kappa shape index (κ1) is 16.7. The first-order valence-corrected chi connectivity index (χ1v) is 9.09. The van der Waals surface area contributed by atoms with Crippen molar-refractivity contribution in [2.45, 2.75) is 25.4 Å². The predicted octanol–water partition coefficient (Wildman–Crippen LogP) is 2.61. The summed E-state index contributed by atoms with van der Waals surface area (Å²) >= 11 is 0. The Morgan fingerprint density at radius 2 is 1.96 bits per heavy atom. The van der Waals surface area contributed by atoms with E-state index in [0.29, 0.717) is 23.6 Å². The second kappa shape index (κ2) is 7.66. The minimum atomic E-state index is -0.240. The largest absolute Gasteiger partial charge is 0.486 e. The maximum atomic E-state index is 11.5. The van der Waals surface area contributed by atoms with Crippen LogP contribution in [-0.4, -0.2) is 35.8 Å². The van der Waals surface area contributed by atoms with Crippen LogP contribution in [0.5, 0.6) is 11.5 Å². The quantitative estimate of drug-likeness (QED) is 0.571. The molecule has 1 aliphatic rings. The van der Waals surface area contributed by atoms with E-state index in [-0.39, 0.29) is 11.8 Å². The highest BCUT2D eigenvalue weighted by Gasteiger charge is 2.23. The Morgan fingerprint density at radius 3 is 2.85 bits per heavy atom. The second-order valence-electron chi connectivity index (χ2n) is 6.59. The summed E-state index contributed by atoms with van der Waals surface area (Å²) in [6, 6.07) is 14.2. The van der Waals surface area contributed by atoms with Crippen LogP contribution in [0, 0.1) is 0 Å². The Kier molecular flexibility index (Phi) is 4.93. The van der Waals surface area contributed by atoms with Crippen LogP contribution in [0.15, 0.2) is 47.3 Å². The van der Waals surface area contributed by atoms with Gasteiger partial charge in [0.25, 0.3) is 0 Å². The van der Waals surface area contributed by atoms with Crippen molar-refractivity contribution in [3.63, 3.8) is 0 Å². The Hall–Kier alpha value is -2.73. The number of nitrogens with one attached hydrogen (secondary N) is 3. The van der Waals surface area contributed by atoms with E-state index in [4.69, 9.17) is 9.47 Å². The van der Waals surface area contributed by atoms with Gasteiger partial charge >= 0.3 is 5.69 Å². The van der Waals surface area contributed by atoms with E-state index in [0.717, 1.165) is 37.9 Å². The van der Waals surface area contributed by atoms with Gasteiger partial charge in [0.15, 0.2) is 11.5 Å². The van der Waals surface area contributed by atoms with Crippen molar-refractivity contribution in [3.8, 4) is 11.5 Å². The van der Waals surface area contributed by atoms with Gasteiger partial charge in [0.1, 0.15) is 18.2 Å². The van der Waals surface area contributed by atoms with Crippen molar-refractivity contribution in [1.82, 2.24) is 15.3 Å². The molecule has 1 unspecified atom stereocenters. The molecule has 136 valence electrons. The topological polar surface area (TPSA) is 79.1 Å². The van der Waals surface area contributed by atoms with E-state index in [2.05, 4.69) is 39.6 Å². The third-order valence-electron chi connectivity index (χ3n) is 4.60. The number of rotatable bonds is 7. The Balaban J connectivity index is 1.24. The fourth-order valence-corrected chi connectivity index (χ4v) is 3.26. The van der Waals surface area contributed by atoms with Gasteiger partial charge in [-0.1, -0.05) is 30.3 Å². The number of H-pyrrole nitrogens is 2. The maximum absolute atomic E-state index is 11.5. The summed E-state index contributed by atoms with van der Waals surface area (Å²) in [6.45, 7) is 2.17. The highest BCUT2D eigenvalue weighted by molar-refractivity contribution is 5.84. The summed E-state index contributed by atoms with van der Waals surface area (Å²) in [5, 5.41) is 3.44. The fourth-order valence-electron chi connectivity index (χ4n) is 3.26. The van der Waals surface area contributed by atoms with Gasteiger partial charge in [0, 0.05) is 6.54 Å². The normalized spacial score (nSPS) is 16.1. The van der Waals surface area contributed by atoms with Crippen molar-refractivity contribution in [3.05, 3.63) is 58.5 Å². The number of ether oxygens (including phenoxy) is 2. The molecule has 0 spiro atoms. The molecule has 3 N–H and O–H groups in total. The average molecular weight is 353 g/mol. The number of fused-ring (bicyclic) bond motifs is 3. The van der Waals surface area contributed by atoms with Gasteiger partial charge in [-0.05, 0) is 43.5 Å². The summed E-state index contributed by atoms with van der Waals surface area (Å²) in [4.78, 5) is 17.0. The molecule has 2 aromatic carbocycles. The Labute approximate surface area is 151 Å². The molecule has 4 rings (SSSR count). The number of imidazole rings is 1. The van der Waals surface area contributed by atoms with E-state index in [9.17, 15) is 4.79 Å². The number of hydrogen-bond acceptors (Lipinski definition) is 4. The molecule has 0 fully saturated rings. The second-order valence-corrected chi connectivity index (χ2v) is 6.59. The molecular formula is C20H23N3O3. The highest BCUT2D eigenvalue weighted by Crippen LogP contribution is 2.36. The SMILES string of the molecule is O=c1[nH]c2ccc3c(c2[nH]1)OC(CNCCCCc1ccccc1)CO3. The molecular weight excluding hydrogens is 330 g/mol. The Bertz CT molecular complexity index is 917. The van der Waals surface area contributed by atoms with Crippen LogP contribution >= 0.6 is 0 Å². The van der Waals surface area contributed by atoms with Gasteiger partial charge in [0.05, 0.1) is 5.52 Å². The Morgan fingerprint density at radius 1 is 1.08 bits per heavy atom. The predicted molar refractivity (Wildman–Crippen MR) is 101 cm³/mol. The van der Waals surface area contributed by atoms with Gasteiger partial charge in [0.2, 0.25) is 0 Å². The minimum Gasteiger partial charge on any atom is -0.486 e. The molecule has 6 nitrogen and oxygen atoms in total. The van der Waals surface area contributed by atoms with E-state index in [1.54, 1.807) is 0 Å². The number of aromatic nitrogens is 2. The zero-order chi connectivity index (χ0) is 17.8. The van der Waals surface area contributed by atoms with Crippen molar-refractivity contribution < 1.29 is 9.47 Å². The lowest BCUT2D eigenvalue weighted by atomic mass is 10.1. The lowest BCUT2D eigenvalue weighted by Crippen LogP contribution is -2.38. The molecule has 0 bridgehead atoms. The molecule has 0 amide bonds. The van der Waals surface area contributed by atoms with E-state index in [1.165, 1.54) is 5.56 Å². The summed E-state index contributed by atoms with van der Waals surface area (Å²) in [5.41, 5.74) is 2.54. The smallest absolute Gasteiger partial charge is 0.323 e. The standard InChI is InChI=1S/C20H23N3O3/c24-20-22-16-9-10-17-19(18(16)23-20)26-15(13-25-17)12-21-11-5-4-8-14-6-2-1-3-7-14/h1-3,6-7,9-10,15,21H,4-5,8,11-13H2,(H2,22,23,24). The number of aromatic amines is 2. The zero-order valence-electron chi connectivity index (χ0n) is 14.6. The van der Waals surface area contributed by atoms with E-state index in [1.807, 2.05) is 18.2 Å².